The number of nitrogens with two attached hydrogens (primary N) is 1. The fraction of sp³-hybridized carbons (Fsp3) is 0.417. The predicted octanol–water partition coefficient (Wildman–Crippen LogP) is 0.977. The Morgan fingerprint density at radius 2 is 2.39 bits per heavy atom. The van der Waals surface area contributed by atoms with Gasteiger partial charge in [-0.3, -0.25) is 0 Å². The molecule has 3 atom stereocenters. The van der Waals surface area contributed by atoms with Gasteiger partial charge >= 0.3 is 0 Å². The summed E-state index contributed by atoms with van der Waals surface area (Å²) in [6.07, 6.45) is 2.64. The number of fused-ring (bicyclic) bond motifs is 1. The van der Waals surface area contributed by atoms with Gasteiger partial charge in [-0.1, -0.05) is 6.92 Å². The number of hydrogen-bond donors (Lipinski definition) is 1. The van der Waals surface area contributed by atoms with Crippen LogP contribution in [-0.2, 0) is 9.53 Å². The van der Waals surface area contributed by atoms with Gasteiger partial charge in [0.25, 0.3) is 0 Å². The third kappa shape index (κ3) is 1.57. The Bertz CT molecular complexity index is 595. The molecule has 94 valence electrons. The van der Waals surface area contributed by atoms with Crippen molar-refractivity contribution in [2.24, 2.45) is 5.92 Å². The van der Waals surface area contributed by atoms with E-state index in [1.807, 2.05) is 19.1 Å². The molecule has 2 aromatic rings. The maximum Gasteiger partial charge on any atom is 0.151 e. The maximum atomic E-state index is 10.9. The minimum atomic E-state index is -0.334. The summed E-state index contributed by atoms with van der Waals surface area (Å²) in [4.78, 5) is 14.8. The Labute approximate surface area is 104 Å². The van der Waals surface area contributed by atoms with E-state index in [2.05, 4.69) is 10.1 Å². The SMILES string of the molecule is C[C@H]1C[C@H](c2ccc3c(N)ncnn23)O[C@@H]1C=O. The van der Waals surface area contributed by atoms with Crippen molar-refractivity contribution in [2.45, 2.75) is 25.6 Å². The number of carbonyl (C=O) groups is 1. The lowest BCUT2D eigenvalue weighted by Crippen LogP contribution is -2.14. The fourth-order valence-corrected chi connectivity index (χ4v) is 2.42. The van der Waals surface area contributed by atoms with E-state index in [0.717, 1.165) is 23.9 Å². The first-order valence-electron chi connectivity index (χ1n) is 5.89. The van der Waals surface area contributed by atoms with Gasteiger partial charge in [-0.15, -0.1) is 0 Å². The second kappa shape index (κ2) is 4.06. The number of anilines is 1. The molecule has 0 aromatic carbocycles. The average Bonchev–Trinajstić information content (AvgIpc) is 2.93. The quantitative estimate of drug-likeness (QED) is 0.798. The summed E-state index contributed by atoms with van der Waals surface area (Å²) in [6.45, 7) is 2.01. The van der Waals surface area contributed by atoms with Gasteiger partial charge < -0.3 is 15.3 Å². The van der Waals surface area contributed by atoms with Gasteiger partial charge in [0, 0.05) is 0 Å². The average molecular weight is 246 g/mol. The van der Waals surface area contributed by atoms with Crippen LogP contribution in [0, 0.1) is 5.92 Å². The predicted molar refractivity (Wildman–Crippen MR) is 64.9 cm³/mol. The molecule has 3 rings (SSSR count). The topological polar surface area (TPSA) is 82.5 Å². The number of rotatable bonds is 2. The van der Waals surface area contributed by atoms with Crippen LogP contribution in [-0.4, -0.2) is 27.0 Å². The highest BCUT2D eigenvalue weighted by Gasteiger charge is 2.34. The summed E-state index contributed by atoms with van der Waals surface area (Å²) < 4.78 is 7.45. The second-order valence-electron chi connectivity index (χ2n) is 4.64. The third-order valence-electron chi connectivity index (χ3n) is 3.44. The van der Waals surface area contributed by atoms with Gasteiger partial charge in [0.15, 0.2) is 5.82 Å². The van der Waals surface area contributed by atoms with Crippen LogP contribution in [0.5, 0.6) is 0 Å². The largest absolute Gasteiger partial charge is 0.382 e. The Kier molecular flexibility index (Phi) is 2.52. The molecular formula is C12H14N4O2. The van der Waals surface area contributed by atoms with Gasteiger partial charge in [0.05, 0.1) is 5.69 Å². The lowest BCUT2D eigenvalue weighted by atomic mass is 10.0. The van der Waals surface area contributed by atoms with Crippen LogP contribution in [0.3, 0.4) is 0 Å². The van der Waals surface area contributed by atoms with E-state index >= 15 is 0 Å². The van der Waals surface area contributed by atoms with E-state index < -0.39 is 0 Å². The van der Waals surface area contributed by atoms with Crippen molar-refractivity contribution in [3.8, 4) is 0 Å². The van der Waals surface area contributed by atoms with E-state index in [4.69, 9.17) is 10.5 Å². The lowest BCUT2D eigenvalue weighted by Gasteiger charge is -2.10. The summed E-state index contributed by atoms with van der Waals surface area (Å²) in [7, 11) is 0. The van der Waals surface area contributed by atoms with E-state index in [9.17, 15) is 4.79 Å². The first-order chi connectivity index (χ1) is 8.70. The molecular weight excluding hydrogens is 232 g/mol. The highest BCUT2D eigenvalue weighted by atomic mass is 16.5. The molecule has 0 spiro atoms. The molecule has 3 heterocycles. The summed E-state index contributed by atoms with van der Waals surface area (Å²) in [5, 5.41) is 4.18. The van der Waals surface area contributed by atoms with Crippen LogP contribution in [0.2, 0.25) is 0 Å². The summed E-state index contributed by atoms with van der Waals surface area (Å²) >= 11 is 0. The van der Waals surface area contributed by atoms with E-state index in [0.29, 0.717) is 5.82 Å². The van der Waals surface area contributed by atoms with E-state index in [1.54, 1.807) is 4.52 Å². The van der Waals surface area contributed by atoms with Crippen molar-refractivity contribution in [2.75, 3.05) is 5.73 Å². The molecule has 6 nitrogen and oxygen atoms in total. The van der Waals surface area contributed by atoms with Crippen LogP contribution >= 0.6 is 0 Å². The second-order valence-corrected chi connectivity index (χ2v) is 4.64. The lowest BCUT2D eigenvalue weighted by molar-refractivity contribution is -0.118. The summed E-state index contributed by atoms with van der Waals surface area (Å²) in [6, 6.07) is 3.79. The van der Waals surface area contributed by atoms with Crippen molar-refractivity contribution < 1.29 is 9.53 Å². The van der Waals surface area contributed by atoms with Crippen molar-refractivity contribution in [3.63, 3.8) is 0 Å². The third-order valence-corrected chi connectivity index (χ3v) is 3.44. The molecule has 0 radical (unpaired) electrons. The molecule has 1 aliphatic rings. The first-order valence-corrected chi connectivity index (χ1v) is 5.89. The molecule has 1 aliphatic heterocycles. The highest BCUT2D eigenvalue weighted by Crippen LogP contribution is 2.36. The highest BCUT2D eigenvalue weighted by molar-refractivity contribution is 5.65. The minimum Gasteiger partial charge on any atom is -0.382 e. The van der Waals surface area contributed by atoms with Gasteiger partial charge in [-0.2, -0.15) is 5.10 Å². The molecule has 2 N–H and O–H groups in total. The number of carbonyl (C=O) groups excluding carboxylic acids is 1. The van der Waals surface area contributed by atoms with Crippen LogP contribution in [0.15, 0.2) is 18.5 Å². The smallest absolute Gasteiger partial charge is 0.151 e. The Morgan fingerprint density at radius 3 is 3.11 bits per heavy atom. The Hall–Kier alpha value is -1.95. The zero-order chi connectivity index (χ0) is 12.7. The van der Waals surface area contributed by atoms with Gasteiger partial charge in [0.2, 0.25) is 0 Å². The molecule has 6 heteroatoms. The molecule has 1 fully saturated rings. The minimum absolute atomic E-state index is 0.119. The van der Waals surface area contributed by atoms with Gasteiger partial charge in [0.1, 0.15) is 30.3 Å². The van der Waals surface area contributed by atoms with Crippen LogP contribution in [0.1, 0.15) is 25.1 Å². The molecule has 18 heavy (non-hydrogen) atoms. The van der Waals surface area contributed by atoms with Crippen LogP contribution < -0.4 is 5.73 Å². The van der Waals surface area contributed by atoms with Crippen molar-refractivity contribution in [3.05, 3.63) is 24.2 Å². The van der Waals surface area contributed by atoms with Gasteiger partial charge in [-0.25, -0.2) is 9.50 Å². The summed E-state index contributed by atoms with van der Waals surface area (Å²) in [5.74, 6) is 0.659. The number of ether oxygens (including phenoxy) is 1. The van der Waals surface area contributed by atoms with E-state index in [-0.39, 0.29) is 18.1 Å². The fourth-order valence-electron chi connectivity index (χ4n) is 2.42. The maximum absolute atomic E-state index is 10.9. The molecule has 0 saturated carbocycles. The van der Waals surface area contributed by atoms with Gasteiger partial charge in [-0.05, 0) is 24.5 Å². The zero-order valence-corrected chi connectivity index (χ0v) is 9.98. The summed E-state index contributed by atoms with van der Waals surface area (Å²) in [5.41, 5.74) is 7.45. The Balaban J connectivity index is 2.01. The molecule has 0 aliphatic carbocycles. The first kappa shape index (κ1) is 11.2. The Morgan fingerprint density at radius 1 is 1.56 bits per heavy atom. The normalized spacial score (nSPS) is 27.7. The van der Waals surface area contributed by atoms with Crippen molar-refractivity contribution >= 4 is 17.6 Å². The molecule has 0 unspecified atom stereocenters. The number of nitrogen functional groups attached to an aromatic ring is 1. The molecule has 2 aromatic heterocycles. The van der Waals surface area contributed by atoms with Crippen molar-refractivity contribution in [1.29, 1.82) is 0 Å². The number of hydrogen-bond acceptors (Lipinski definition) is 5. The standard InChI is InChI=1S/C12H14N4O2/c1-7-4-10(18-11(7)5-17)8-2-3-9-12(13)14-6-15-16(8)9/h2-3,5-7,10-11H,4H2,1H3,(H2,13,14,15)/t7-,10+,11+/m0/s1. The molecule has 0 bridgehead atoms. The zero-order valence-electron chi connectivity index (χ0n) is 9.98. The molecule has 1 saturated heterocycles. The molecule has 0 amide bonds. The number of aldehydes is 1. The number of nitrogens with zero attached hydrogens (tertiary/aromatic N) is 3. The number of aromatic nitrogens is 3. The van der Waals surface area contributed by atoms with E-state index in [1.165, 1.54) is 6.33 Å². The van der Waals surface area contributed by atoms with Crippen molar-refractivity contribution in [1.82, 2.24) is 14.6 Å². The monoisotopic (exact) mass is 246 g/mol. The van der Waals surface area contributed by atoms with Crippen LogP contribution in [0.4, 0.5) is 5.82 Å². The van der Waals surface area contributed by atoms with Crippen LogP contribution in [0.25, 0.3) is 5.52 Å².